The van der Waals surface area contributed by atoms with E-state index in [1.165, 1.54) is 0 Å². The molecule has 0 aliphatic rings. The number of hydrogen-bond acceptors (Lipinski definition) is 5. The maximum atomic E-state index is 12.0. The van der Waals surface area contributed by atoms with Crippen molar-refractivity contribution in [3.8, 4) is 0 Å². The average Bonchev–Trinajstić information content (AvgIpc) is 2.57. The van der Waals surface area contributed by atoms with Crippen LogP contribution in [0.2, 0.25) is 0 Å². The first-order valence-electron chi connectivity index (χ1n) is 8.09. The second kappa shape index (κ2) is 8.53. The number of anilines is 3. The number of carbonyl (C=O) groups excluding carboxylic acids is 1. The lowest BCUT2D eigenvalue weighted by atomic mass is 10.1. The first-order chi connectivity index (χ1) is 11.9. The standard InChI is InChI=1S/C18H22N2O4S/c1-3-13-25(22,23)20-15-11-9-14(10-12-15)19-17-8-6-5-7-16(17)18(21)24-4-2/h5-12,19-20H,3-4,13H2,1-2H3. The van der Waals surface area contributed by atoms with Crippen LogP contribution in [0.4, 0.5) is 17.1 Å². The first-order valence-corrected chi connectivity index (χ1v) is 9.74. The van der Waals surface area contributed by atoms with Crippen molar-refractivity contribution in [2.75, 3.05) is 22.4 Å². The van der Waals surface area contributed by atoms with Crippen LogP contribution in [-0.4, -0.2) is 26.7 Å². The highest BCUT2D eigenvalue weighted by molar-refractivity contribution is 7.92. The molecule has 134 valence electrons. The van der Waals surface area contributed by atoms with Crippen LogP contribution < -0.4 is 10.0 Å². The molecule has 0 unspecified atom stereocenters. The van der Waals surface area contributed by atoms with Crippen molar-refractivity contribution in [1.82, 2.24) is 0 Å². The van der Waals surface area contributed by atoms with E-state index >= 15 is 0 Å². The summed E-state index contributed by atoms with van der Waals surface area (Å²) >= 11 is 0. The van der Waals surface area contributed by atoms with Gasteiger partial charge in [0.15, 0.2) is 0 Å². The molecule has 0 spiro atoms. The summed E-state index contributed by atoms with van der Waals surface area (Å²) in [6.07, 6.45) is 0.555. The predicted molar refractivity (Wildman–Crippen MR) is 99.8 cm³/mol. The fourth-order valence-electron chi connectivity index (χ4n) is 2.26. The van der Waals surface area contributed by atoms with Crippen LogP contribution >= 0.6 is 0 Å². The Kier molecular flexibility index (Phi) is 6.41. The number of ether oxygens (including phenoxy) is 1. The van der Waals surface area contributed by atoms with Gasteiger partial charge in [0.1, 0.15) is 0 Å². The normalized spacial score (nSPS) is 11.0. The summed E-state index contributed by atoms with van der Waals surface area (Å²) < 4.78 is 31.1. The molecule has 0 aromatic heterocycles. The van der Waals surface area contributed by atoms with E-state index in [0.717, 1.165) is 5.69 Å². The van der Waals surface area contributed by atoms with Crippen LogP contribution in [0.15, 0.2) is 48.5 Å². The minimum atomic E-state index is -3.31. The second-order valence-electron chi connectivity index (χ2n) is 5.39. The lowest BCUT2D eigenvalue weighted by molar-refractivity contribution is 0.0527. The van der Waals surface area contributed by atoms with Crippen LogP contribution in [0.25, 0.3) is 0 Å². The summed E-state index contributed by atoms with van der Waals surface area (Å²) in [5.74, 6) is -0.311. The van der Waals surface area contributed by atoms with Crippen LogP contribution in [0, 0.1) is 0 Å². The number of benzene rings is 2. The number of esters is 1. The van der Waals surface area contributed by atoms with Crippen molar-refractivity contribution in [2.24, 2.45) is 0 Å². The average molecular weight is 362 g/mol. The Balaban J connectivity index is 2.13. The highest BCUT2D eigenvalue weighted by Crippen LogP contribution is 2.23. The number of carbonyl (C=O) groups is 1. The highest BCUT2D eigenvalue weighted by atomic mass is 32.2. The molecule has 0 saturated heterocycles. The molecule has 0 radical (unpaired) electrons. The number of nitrogens with one attached hydrogen (secondary N) is 2. The summed E-state index contributed by atoms with van der Waals surface area (Å²) in [6.45, 7) is 3.87. The van der Waals surface area contributed by atoms with E-state index in [2.05, 4.69) is 10.0 Å². The molecule has 2 rings (SSSR count). The molecule has 0 heterocycles. The van der Waals surface area contributed by atoms with Gasteiger partial charge in [0.05, 0.1) is 23.6 Å². The van der Waals surface area contributed by atoms with Crippen molar-refractivity contribution < 1.29 is 17.9 Å². The van der Waals surface area contributed by atoms with Gasteiger partial charge in [-0.3, -0.25) is 4.72 Å². The lowest BCUT2D eigenvalue weighted by Crippen LogP contribution is -2.15. The Labute approximate surface area is 148 Å². The van der Waals surface area contributed by atoms with Crippen LogP contribution in [0.1, 0.15) is 30.6 Å². The molecule has 2 aromatic carbocycles. The predicted octanol–water partition coefficient (Wildman–Crippen LogP) is 3.76. The SMILES string of the molecule is CCCS(=O)(=O)Nc1ccc(Nc2ccccc2C(=O)OCC)cc1. The Morgan fingerprint density at radius 1 is 1.00 bits per heavy atom. The number of rotatable bonds is 8. The zero-order chi connectivity index (χ0) is 18.3. The van der Waals surface area contributed by atoms with E-state index in [1.54, 1.807) is 49.4 Å². The third kappa shape index (κ3) is 5.49. The van der Waals surface area contributed by atoms with Gasteiger partial charge in [-0.15, -0.1) is 0 Å². The Morgan fingerprint density at radius 3 is 2.28 bits per heavy atom. The molecule has 0 bridgehead atoms. The maximum absolute atomic E-state index is 12.0. The summed E-state index contributed by atoms with van der Waals surface area (Å²) in [6, 6.07) is 13.9. The molecular formula is C18H22N2O4S. The van der Waals surface area contributed by atoms with E-state index in [-0.39, 0.29) is 5.75 Å². The van der Waals surface area contributed by atoms with Gasteiger partial charge in [-0.1, -0.05) is 19.1 Å². The molecule has 25 heavy (non-hydrogen) atoms. The van der Waals surface area contributed by atoms with Gasteiger partial charge >= 0.3 is 5.97 Å². The van der Waals surface area contributed by atoms with Gasteiger partial charge in [0.25, 0.3) is 0 Å². The number of sulfonamides is 1. The van der Waals surface area contributed by atoms with Crippen LogP contribution in [-0.2, 0) is 14.8 Å². The molecule has 0 aliphatic carbocycles. The fourth-order valence-corrected chi connectivity index (χ4v) is 3.39. The number of para-hydroxylation sites is 1. The molecule has 0 atom stereocenters. The third-order valence-electron chi connectivity index (χ3n) is 3.33. The summed E-state index contributed by atoms with van der Waals surface area (Å²) in [7, 11) is -3.31. The molecule has 2 aromatic rings. The van der Waals surface area contributed by atoms with Crippen molar-refractivity contribution in [2.45, 2.75) is 20.3 Å². The van der Waals surface area contributed by atoms with E-state index in [9.17, 15) is 13.2 Å². The smallest absolute Gasteiger partial charge is 0.340 e. The molecule has 0 saturated carbocycles. The van der Waals surface area contributed by atoms with Gasteiger partial charge < -0.3 is 10.1 Å². The van der Waals surface area contributed by atoms with Gasteiger partial charge in [0, 0.05) is 11.4 Å². The zero-order valence-electron chi connectivity index (χ0n) is 14.3. The minimum absolute atomic E-state index is 0.0833. The van der Waals surface area contributed by atoms with Gasteiger partial charge in [-0.25, -0.2) is 13.2 Å². The minimum Gasteiger partial charge on any atom is -0.462 e. The third-order valence-corrected chi connectivity index (χ3v) is 4.82. The Hall–Kier alpha value is -2.54. The fraction of sp³-hybridized carbons (Fsp3) is 0.278. The van der Waals surface area contributed by atoms with Crippen molar-refractivity contribution >= 4 is 33.1 Å². The van der Waals surface area contributed by atoms with E-state index in [1.807, 2.05) is 13.0 Å². The van der Waals surface area contributed by atoms with Crippen molar-refractivity contribution in [3.63, 3.8) is 0 Å². The second-order valence-corrected chi connectivity index (χ2v) is 7.23. The van der Waals surface area contributed by atoms with Gasteiger partial charge in [0.2, 0.25) is 10.0 Å². The Bertz CT molecular complexity index is 817. The van der Waals surface area contributed by atoms with Crippen LogP contribution in [0.5, 0.6) is 0 Å². The summed E-state index contributed by atoms with van der Waals surface area (Å²) in [5.41, 5.74) is 2.30. The van der Waals surface area contributed by atoms with E-state index in [0.29, 0.717) is 30.0 Å². The highest BCUT2D eigenvalue weighted by Gasteiger charge is 2.12. The lowest BCUT2D eigenvalue weighted by Gasteiger charge is -2.12. The summed E-state index contributed by atoms with van der Waals surface area (Å²) in [5, 5.41) is 3.15. The molecular weight excluding hydrogens is 340 g/mol. The Morgan fingerprint density at radius 2 is 1.64 bits per heavy atom. The van der Waals surface area contributed by atoms with Crippen LogP contribution in [0.3, 0.4) is 0 Å². The maximum Gasteiger partial charge on any atom is 0.340 e. The summed E-state index contributed by atoms with van der Waals surface area (Å²) in [4.78, 5) is 12.0. The van der Waals surface area contributed by atoms with Gasteiger partial charge in [-0.05, 0) is 49.7 Å². The monoisotopic (exact) mass is 362 g/mol. The molecule has 0 amide bonds. The molecule has 0 fully saturated rings. The van der Waals surface area contributed by atoms with Gasteiger partial charge in [-0.2, -0.15) is 0 Å². The topological polar surface area (TPSA) is 84.5 Å². The largest absolute Gasteiger partial charge is 0.462 e. The van der Waals surface area contributed by atoms with Crippen molar-refractivity contribution in [3.05, 3.63) is 54.1 Å². The molecule has 6 nitrogen and oxygen atoms in total. The first kappa shape index (κ1) is 18.8. The molecule has 7 heteroatoms. The van der Waals surface area contributed by atoms with Crippen molar-refractivity contribution in [1.29, 1.82) is 0 Å². The zero-order valence-corrected chi connectivity index (χ0v) is 15.1. The quantitative estimate of drug-likeness (QED) is 0.699. The number of hydrogen-bond donors (Lipinski definition) is 2. The van der Waals surface area contributed by atoms with E-state index < -0.39 is 16.0 Å². The molecule has 0 aliphatic heterocycles. The molecule has 2 N–H and O–H groups in total. The van der Waals surface area contributed by atoms with E-state index in [4.69, 9.17) is 4.74 Å².